The van der Waals surface area contributed by atoms with Gasteiger partial charge >= 0.3 is 0 Å². The van der Waals surface area contributed by atoms with Crippen LogP contribution in [0.1, 0.15) is 15.9 Å². The molecule has 2 aromatic rings. The molecule has 22 heavy (non-hydrogen) atoms. The summed E-state index contributed by atoms with van der Waals surface area (Å²) in [7, 11) is 1.44. The molecule has 0 radical (unpaired) electrons. The maximum absolute atomic E-state index is 10.9. The quantitative estimate of drug-likeness (QED) is 0.455. The molecule has 1 aromatic carbocycles. The van der Waals surface area contributed by atoms with E-state index >= 15 is 0 Å². The van der Waals surface area contributed by atoms with Gasteiger partial charge in [-0.15, -0.1) is 0 Å². The number of rotatable bonds is 5. The Morgan fingerprint density at radius 3 is 2.59 bits per heavy atom. The van der Waals surface area contributed by atoms with Gasteiger partial charge < -0.3 is 9.47 Å². The predicted molar refractivity (Wildman–Crippen MR) is 81.8 cm³/mol. The smallest absolute Gasteiger partial charge is 0.290 e. The van der Waals surface area contributed by atoms with Crippen molar-refractivity contribution in [3.8, 4) is 17.4 Å². The van der Waals surface area contributed by atoms with Gasteiger partial charge in [0.1, 0.15) is 6.20 Å². The second-order valence-corrected chi connectivity index (χ2v) is 5.16. The van der Waals surface area contributed by atoms with Crippen molar-refractivity contribution in [1.82, 2.24) is 4.98 Å². The molecule has 0 bridgehead atoms. The molecule has 0 amide bonds. The highest BCUT2D eigenvalue weighted by Gasteiger charge is 2.15. The highest BCUT2D eigenvalue weighted by Crippen LogP contribution is 2.36. The van der Waals surface area contributed by atoms with E-state index in [0.29, 0.717) is 33.4 Å². The second-order valence-electron chi connectivity index (χ2n) is 4.31. The highest BCUT2D eigenvalue weighted by atomic mass is 79.9. The number of halogens is 1. The average molecular weight is 367 g/mol. The zero-order valence-corrected chi connectivity index (χ0v) is 13.3. The van der Waals surface area contributed by atoms with Gasteiger partial charge in [-0.3, -0.25) is 14.9 Å². The van der Waals surface area contributed by atoms with Crippen LogP contribution in [0.3, 0.4) is 0 Å². The van der Waals surface area contributed by atoms with Gasteiger partial charge in [-0.1, -0.05) is 0 Å². The van der Waals surface area contributed by atoms with Crippen molar-refractivity contribution in [1.29, 1.82) is 0 Å². The fraction of sp³-hybridized carbons (Fsp3) is 0.143. The molecule has 7 nitrogen and oxygen atoms in total. The maximum Gasteiger partial charge on any atom is 0.290 e. The van der Waals surface area contributed by atoms with E-state index < -0.39 is 4.92 Å². The van der Waals surface area contributed by atoms with Crippen molar-refractivity contribution in [3.05, 3.63) is 50.1 Å². The molecule has 1 heterocycles. The number of hydrogen-bond acceptors (Lipinski definition) is 6. The van der Waals surface area contributed by atoms with Crippen molar-refractivity contribution in [3.63, 3.8) is 0 Å². The number of nitro groups is 1. The number of methoxy groups -OCH3 is 1. The Kier molecular flexibility index (Phi) is 4.71. The minimum absolute atomic E-state index is 0.0863. The second kappa shape index (κ2) is 6.52. The van der Waals surface area contributed by atoms with Crippen molar-refractivity contribution in [2.45, 2.75) is 6.92 Å². The van der Waals surface area contributed by atoms with Gasteiger partial charge in [0.05, 0.1) is 12.0 Å². The minimum atomic E-state index is -0.512. The summed E-state index contributed by atoms with van der Waals surface area (Å²) in [6.07, 6.45) is 1.82. The lowest BCUT2D eigenvalue weighted by molar-refractivity contribution is -0.385. The first kappa shape index (κ1) is 15.9. The minimum Gasteiger partial charge on any atom is -0.493 e. The number of aldehydes is 1. The standard InChI is InChI=1S/C14H11BrN2O5/c1-8-3-14(16-6-11(8)17(19)20)22-13-5-10(15)9(7-18)4-12(13)21-2/h3-7H,1-2H3. The summed E-state index contributed by atoms with van der Waals surface area (Å²) < 4.78 is 11.3. The fourth-order valence-electron chi connectivity index (χ4n) is 1.76. The molecule has 0 N–H and O–H groups in total. The van der Waals surface area contributed by atoms with Gasteiger partial charge in [0.25, 0.3) is 5.69 Å². The largest absolute Gasteiger partial charge is 0.493 e. The molecule has 0 saturated carbocycles. The van der Waals surface area contributed by atoms with Crippen molar-refractivity contribution < 1.29 is 19.2 Å². The van der Waals surface area contributed by atoms with Crippen LogP contribution in [0.5, 0.6) is 17.4 Å². The Labute approximate surface area is 134 Å². The Hall–Kier alpha value is -2.48. The van der Waals surface area contributed by atoms with Crippen molar-refractivity contribution in [2.75, 3.05) is 7.11 Å². The molecule has 1 aromatic heterocycles. The fourth-order valence-corrected chi connectivity index (χ4v) is 2.18. The van der Waals surface area contributed by atoms with Gasteiger partial charge in [0.15, 0.2) is 17.8 Å². The lowest BCUT2D eigenvalue weighted by atomic mass is 10.2. The summed E-state index contributed by atoms with van der Waals surface area (Å²) >= 11 is 3.25. The highest BCUT2D eigenvalue weighted by molar-refractivity contribution is 9.10. The molecule has 0 unspecified atom stereocenters. The van der Waals surface area contributed by atoms with Crippen molar-refractivity contribution in [2.24, 2.45) is 0 Å². The Bertz CT molecular complexity index is 748. The number of aromatic nitrogens is 1. The van der Waals surface area contributed by atoms with Gasteiger partial charge in [0, 0.05) is 21.7 Å². The van der Waals surface area contributed by atoms with Crippen LogP contribution in [0.15, 0.2) is 28.9 Å². The molecule has 0 aliphatic heterocycles. The van der Waals surface area contributed by atoms with Crippen LogP contribution in [0.2, 0.25) is 0 Å². The average Bonchev–Trinajstić information content (AvgIpc) is 2.47. The van der Waals surface area contributed by atoms with Crippen LogP contribution in [0, 0.1) is 17.0 Å². The van der Waals surface area contributed by atoms with Crippen LogP contribution >= 0.6 is 15.9 Å². The molecular weight excluding hydrogens is 356 g/mol. The lowest BCUT2D eigenvalue weighted by Crippen LogP contribution is -1.97. The van der Waals surface area contributed by atoms with Gasteiger partial charge in [0.2, 0.25) is 5.88 Å². The number of nitrogens with zero attached hydrogens (tertiary/aromatic N) is 2. The first-order chi connectivity index (χ1) is 10.5. The third kappa shape index (κ3) is 3.22. The van der Waals surface area contributed by atoms with Crippen LogP contribution in [-0.4, -0.2) is 23.3 Å². The molecule has 0 aliphatic rings. The number of pyridine rings is 1. The third-order valence-electron chi connectivity index (χ3n) is 2.88. The van der Waals surface area contributed by atoms with Crippen LogP contribution in [0.4, 0.5) is 5.69 Å². The Balaban J connectivity index is 2.38. The zero-order chi connectivity index (χ0) is 16.3. The number of benzene rings is 1. The van der Waals surface area contributed by atoms with Crippen molar-refractivity contribution >= 4 is 27.9 Å². The lowest BCUT2D eigenvalue weighted by Gasteiger charge is -2.11. The monoisotopic (exact) mass is 366 g/mol. The summed E-state index contributed by atoms with van der Waals surface area (Å²) in [5, 5.41) is 10.8. The Morgan fingerprint density at radius 2 is 2.05 bits per heavy atom. The number of carbonyl (C=O) groups is 1. The summed E-state index contributed by atoms with van der Waals surface area (Å²) in [5.41, 5.74) is 0.756. The topological polar surface area (TPSA) is 91.6 Å². The SMILES string of the molecule is COc1cc(C=O)c(Br)cc1Oc1cc(C)c([N+](=O)[O-])cn1. The van der Waals surface area contributed by atoms with Gasteiger partial charge in [-0.2, -0.15) is 0 Å². The van der Waals surface area contributed by atoms with Crippen LogP contribution in [0.25, 0.3) is 0 Å². The van der Waals surface area contributed by atoms with Gasteiger partial charge in [-0.25, -0.2) is 4.98 Å². The number of carbonyl (C=O) groups excluding carboxylic acids is 1. The van der Waals surface area contributed by atoms with E-state index in [4.69, 9.17) is 9.47 Å². The van der Waals surface area contributed by atoms with Crippen LogP contribution in [-0.2, 0) is 0 Å². The summed E-state index contributed by atoms with van der Waals surface area (Å²) in [6, 6.07) is 4.55. The zero-order valence-electron chi connectivity index (χ0n) is 11.7. The van der Waals surface area contributed by atoms with Gasteiger partial charge in [-0.05, 0) is 35.0 Å². The molecule has 0 fully saturated rings. The first-order valence-electron chi connectivity index (χ1n) is 6.08. The molecule has 0 aliphatic carbocycles. The van der Waals surface area contributed by atoms with E-state index in [1.807, 2.05) is 0 Å². The molecule has 0 spiro atoms. The molecule has 0 atom stereocenters. The number of ether oxygens (including phenoxy) is 2. The molecule has 8 heteroatoms. The predicted octanol–water partition coefficient (Wildman–Crippen LogP) is 3.67. The molecule has 2 rings (SSSR count). The van der Waals surface area contributed by atoms with E-state index in [1.54, 1.807) is 13.0 Å². The molecule has 114 valence electrons. The number of hydrogen-bond donors (Lipinski definition) is 0. The first-order valence-corrected chi connectivity index (χ1v) is 6.87. The summed E-state index contributed by atoms with van der Waals surface area (Å²) in [6.45, 7) is 1.59. The van der Waals surface area contributed by atoms with Crippen LogP contribution < -0.4 is 9.47 Å². The number of aryl methyl sites for hydroxylation is 1. The van der Waals surface area contributed by atoms with E-state index in [2.05, 4.69) is 20.9 Å². The molecular formula is C14H11BrN2O5. The Morgan fingerprint density at radius 1 is 1.32 bits per heavy atom. The van der Waals surface area contributed by atoms with E-state index in [-0.39, 0.29) is 11.6 Å². The summed E-state index contributed by atoms with van der Waals surface area (Å²) in [5.74, 6) is 0.871. The summed E-state index contributed by atoms with van der Waals surface area (Å²) in [4.78, 5) is 25.1. The van der Waals surface area contributed by atoms with E-state index in [9.17, 15) is 14.9 Å². The normalized spacial score (nSPS) is 10.1. The van der Waals surface area contributed by atoms with E-state index in [1.165, 1.54) is 19.2 Å². The molecule has 0 saturated heterocycles. The van der Waals surface area contributed by atoms with E-state index in [0.717, 1.165) is 6.20 Å². The maximum atomic E-state index is 10.9. The third-order valence-corrected chi connectivity index (χ3v) is 3.57.